The molecule has 0 atom stereocenters. The quantitative estimate of drug-likeness (QED) is 0.794. The van der Waals surface area contributed by atoms with Crippen LogP contribution in [-0.4, -0.2) is 13.3 Å². The first-order valence-corrected chi connectivity index (χ1v) is 7.60. The molecule has 0 amide bonds. The van der Waals surface area contributed by atoms with E-state index in [2.05, 4.69) is 17.0 Å². The zero-order valence-corrected chi connectivity index (χ0v) is 12.4. The van der Waals surface area contributed by atoms with Gasteiger partial charge in [0.15, 0.2) is 6.73 Å². The molecule has 2 heterocycles. The van der Waals surface area contributed by atoms with Crippen molar-refractivity contribution in [3.05, 3.63) is 52.5 Å². The normalized spacial score (nSPS) is 16.5. The second kappa shape index (κ2) is 5.15. The van der Waals surface area contributed by atoms with Gasteiger partial charge in [0.2, 0.25) is 0 Å². The molecule has 0 N–H and O–H groups in total. The van der Waals surface area contributed by atoms with Gasteiger partial charge in [-0.15, -0.1) is 0 Å². The highest BCUT2D eigenvalue weighted by Gasteiger charge is 2.24. The molecule has 4 heteroatoms. The van der Waals surface area contributed by atoms with Crippen LogP contribution in [0, 0.1) is 0 Å². The molecule has 4 rings (SSSR count). The highest BCUT2D eigenvalue weighted by Crippen LogP contribution is 2.39. The fourth-order valence-electron chi connectivity index (χ4n) is 2.98. The average molecular weight is 302 g/mol. The van der Waals surface area contributed by atoms with Crippen molar-refractivity contribution in [1.82, 2.24) is 0 Å². The fourth-order valence-corrected chi connectivity index (χ4v) is 3.10. The lowest BCUT2D eigenvalue weighted by Gasteiger charge is -2.33. The Labute approximate surface area is 129 Å². The molecule has 0 spiro atoms. The molecule has 0 bridgehead atoms. The molecule has 108 valence electrons. The number of anilines is 1. The van der Waals surface area contributed by atoms with E-state index in [0.717, 1.165) is 48.2 Å². The van der Waals surface area contributed by atoms with Crippen molar-refractivity contribution in [3.63, 3.8) is 0 Å². The molecule has 0 saturated heterocycles. The van der Waals surface area contributed by atoms with Gasteiger partial charge in [0.1, 0.15) is 11.5 Å². The van der Waals surface area contributed by atoms with Crippen LogP contribution in [0.1, 0.15) is 17.5 Å². The Morgan fingerprint density at radius 2 is 1.86 bits per heavy atom. The second-order valence-corrected chi connectivity index (χ2v) is 5.87. The molecule has 2 aromatic rings. The summed E-state index contributed by atoms with van der Waals surface area (Å²) < 4.78 is 11.7. The Balaban J connectivity index is 1.65. The number of hydrogen-bond donors (Lipinski definition) is 0. The summed E-state index contributed by atoms with van der Waals surface area (Å²) in [6, 6.07) is 12.1. The molecule has 3 nitrogen and oxygen atoms in total. The molecule has 0 aliphatic carbocycles. The van der Waals surface area contributed by atoms with Crippen LogP contribution in [0.5, 0.6) is 11.5 Å². The first-order valence-electron chi connectivity index (χ1n) is 7.22. The first kappa shape index (κ1) is 12.8. The van der Waals surface area contributed by atoms with E-state index < -0.39 is 0 Å². The predicted octanol–water partition coefficient (Wildman–Crippen LogP) is 4.02. The van der Waals surface area contributed by atoms with Crippen LogP contribution in [0.3, 0.4) is 0 Å². The predicted molar refractivity (Wildman–Crippen MR) is 83.4 cm³/mol. The van der Waals surface area contributed by atoms with E-state index >= 15 is 0 Å². The van der Waals surface area contributed by atoms with Crippen LogP contribution < -0.4 is 14.4 Å². The van der Waals surface area contributed by atoms with E-state index in [1.165, 1.54) is 11.1 Å². The summed E-state index contributed by atoms with van der Waals surface area (Å²) in [5.74, 6) is 2.01. The van der Waals surface area contributed by atoms with E-state index in [0.29, 0.717) is 6.73 Å². The van der Waals surface area contributed by atoms with E-state index in [1.54, 1.807) is 0 Å². The lowest BCUT2D eigenvalue weighted by Crippen LogP contribution is -2.32. The molecule has 0 saturated carbocycles. The lowest BCUT2D eigenvalue weighted by atomic mass is 10.0. The van der Waals surface area contributed by atoms with Gasteiger partial charge in [-0.2, -0.15) is 0 Å². The van der Waals surface area contributed by atoms with E-state index in [4.69, 9.17) is 21.1 Å². The molecule has 2 aliphatic heterocycles. The summed E-state index contributed by atoms with van der Waals surface area (Å²) in [4.78, 5) is 2.20. The molecule has 0 unspecified atom stereocenters. The van der Waals surface area contributed by atoms with Crippen LogP contribution in [0.15, 0.2) is 36.4 Å². The first-order chi connectivity index (χ1) is 10.3. The Morgan fingerprint density at radius 3 is 2.71 bits per heavy atom. The average Bonchev–Trinajstić information content (AvgIpc) is 2.55. The monoisotopic (exact) mass is 301 g/mol. The van der Waals surface area contributed by atoms with Crippen LogP contribution in [0.4, 0.5) is 5.69 Å². The van der Waals surface area contributed by atoms with E-state index in [9.17, 15) is 0 Å². The molecular formula is C17H16ClNO2. The summed E-state index contributed by atoms with van der Waals surface area (Å²) in [7, 11) is 0. The Kier molecular flexibility index (Phi) is 3.15. The summed E-state index contributed by atoms with van der Waals surface area (Å²) in [5.41, 5.74) is 3.58. The number of rotatable bonds is 1. The number of fused-ring (bicyclic) bond motifs is 3. The van der Waals surface area contributed by atoms with Crippen LogP contribution in [-0.2, 0) is 13.0 Å². The minimum absolute atomic E-state index is 0.561. The molecule has 2 aromatic carbocycles. The summed E-state index contributed by atoms with van der Waals surface area (Å²) in [6.45, 7) is 2.22. The molecule has 0 fully saturated rings. The van der Waals surface area contributed by atoms with Gasteiger partial charge in [0.05, 0.1) is 6.61 Å². The number of benzene rings is 2. The Morgan fingerprint density at radius 1 is 1.00 bits per heavy atom. The summed E-state index contributed by atoms with van der Waals surface area (Å²) in [5, 5.41) is 0.753. The van der Waals surface area contributed by atoms with Crippen molar-refractivity contribution in [2.24, 2.45) is 0 Å². The van der Waals surface area contributed by atoms with Crippen LogP contribution >= 0.6 is 11.6 Å². The zero-order valence-electron chi connectivity index (χ0n) is 11.6. The van der Waals surface area contributed by atoms with Crippen LogP contribution in [0.25, 0.3) is 0 Å². The smallest absolute Gasteiger partial charge is 0.161 e. The van der Waals surface area contributed by atoms with Gasteiger partial charge in [0.25, 0.3) is 0 Å². The SMILES string of the molecule is Clc1ccc(N2COc3c(ccc4c3CCCO4)C2)cc1. The van der Waals surface area contributed by atoms with Gasteiger partial charge in [-0.1, -0.05) is 11.6 Å². The topological polar surface area (TPSA) is 21.7 Å². The number of nitrogens with zero attached hydrogens (tertiary/aromatic N) is 1. The van der Waals surface area contributed by atoms with Gasteiger partial charge in [-0.25, -0.2) is 0 Å². The molecule has 0 radical (unpaired) electrons. The summed E-state index contributed by atoms with van der Waals surface area (Å²) in [6.07, 6.45) is 2.10. The fraction of sp³-hybridized carbons (Fsp3) is 0.294. The standard InChI is InChI=1S/C17H16ClNO2/c18-13-4-6-14(7-5-13)19-10-12-3-8-16-15(2-1-9-20-16)17(12)21-11-19/h3-8H,1-2,9-11H2. The third kappa shape index (κ3) is 2.32. The van der Waals surface area contributed by atoms with Crippen molar-refractivity contribution in [3.8, 4) is 11.5 Å². The van der Waals surface area contributed by atoms with Gasteiger partial charge >= 0.3 is 0 Å². The van der Waals surface area contributed by atoms with Crippen molar-refractivity contribution in [1.29, 1.82) is 0 Å². The van der Waals surface area contributed by atoms with E-state index in [-0.39, 0.29) is 0 Å². The maximum atomic E-state index is 6.03. The van der Waals surface area contributed by atoms with Crippen molar-refractivity contribution < 1.29 is 9.47 Å². The van der Waals surface area contributed by atoms with Gasteiger partial charge in [-0.05, 0) is 49.2 Å². The van der Waals surface area contributed by atoms with E-state index in [1.807, 2.05) is 24.3 Å². The molecule has 0 aromatic heterocycles. The molecule has 2 aliphatic rings. The number of halogens is 1. The van der Waals surface area contributed by atoms with Gasteiger partial charge in [-0.3, -0.25) is 0 Å². The third-order valence-electron chi connectivity index (χ3n) is 4.05. The molecule has 21 heavy (non-hydrogen) atoms. The minimum Gasteiger partial charge on any atom is -0.493 e. The Bertz CT molecular complexity index is 669. The van der Waals surface area contributed by atoms with Crippen LogP contribution in [0.2, 0.25) is 5.02 Å². The zero-order chi connectivity index (χ0) is 14.2. The number of hydrogen-bond acceptors (Lipinski definition) is 3. The van der Waals surface area contributed by atoms with Crippen molar-refractivity contribution in [2.75, 3.05) is 18.2 Å². The molecular weight excluding hydrogens is 286 g/mol. The minimum atomic E-state index is 0.561. The number of ether oxygens (including phenoxy) is 2. The maximum Gasteiger partial charge on any atom is 0.161 e. The van der Waals surface area contributed by atoms with Crippen molar-refractivity contribution >= 4 is 17.3 Å². The Hall–Kier alpha value is -1.87. The highest BCUT2D eigenvalue weighted by molar-refractivity contribution is 6.30. The largest absolute Gasteiger partial charge is 0.493 e. The van der Waals surface area contributed by atoms with Crippen molar-refractivity contribution in [2.45, 2.75) is 19.4 Å². The third-order valence-corrected chi connectivity index (χ3v) is 4.30. The summed E-state index contributed by atoms with van der Waals surface area (Å²) >= 11 is 5.95. The maximum absolute atomic E-state index is 6.03. The highest BCUT2D eigenvalue weighted by atomic mass is 35.5. The van der Waals surface area contributed by atoms with Gasteiger partial charge in [0, 0.05) is 28.4 Å². The lowest BCUT2D eigenvalue weighted by molar-refractivity contribution is 0.260. The second-order valence-electron chi connectivity index (χ2n) is 5.43. The van der Waals surface area contributed by atoms with Gasteiger partial charge < -0.3 is 14.4 Å².